The van der Waals surface area contributed by atoms with Crippen molar-refractivity contribution in [3.8, 4) is 0 Å². The lowest BCUT2D eigenvalue weighted by Gasteiger charge is -2.17. The van der Waals surface area contributed by atoms with Crippen molar-refractivity contribution in [3.63, 3.8) is 0 Å². The Morgan fingerprint density at radius 2 is 2.05 bits per heavy atom. The van der Waals surface area contributed by atoms with Gasteiger partial charge in [0, 0.05) is 4.90 Å². The van der Waals surface area contributed by atoms with Crippen LogP contribution in [0.25, 0.3) is 0 Å². The van der Waals surface area contributed by atoms with E-state index in [1.165, 1.54) is 11.5 Å². The molecular formula is C9H8ClN5O5S2. The third-order valence-corrected chi connectivity index (χ3v) is 5.19. The molecule has 1 heterocycles. The highest BCUT2D eigenvalue weighted by Crippen LogP contribution is 2.36. The van der Waals surface area contributed by atoms with Crippen molar-refractivity contribution in [2.24, 2.45) is 10.1 Å². The molecule has 2 rings (SSSR count). The zero-order valence-electron chi connectivity index (χ0n) is 10.5. The van der Waals surface area contributed by atoms with Crippen LogP contribution >= 0.6 is 23.4 Å². The van der Waals surface area contributed by atoms with E-state index >= 15 is 0 Å². The summed E-state index contributed by atoms with van der Waals surface area (Å²) in [6, 6.07) is 1.27. The molecule has 6 N–H and O–H groups in total. The molecule has 10 nitrogen and oxygen atoms in total. The zero-order valence-corrected chi connectivity index (χ0v) is 12.8. The number of halogens is 1. The van der Waals surface area contributed by atoms with E-state index < -0.39 is 22.0 Å². The summed E-state index contributed by atoms with van der Waals surface area (Å²) in [4.78, 5) is 22.0. The van der Waals surface area contributed by atoms with E-state index in [4.69, 9.17) is 22.5 Å². The average Bonchev–Trinajstić information content (AvgIpc) is 2.42. The minimum atomic E-state index is -4.11. The van der Waals surface area contributed by atoms with Gasteiger partial charge < -0.3 is 5.73 Å². The van der Waals surface area contributed by atoms with Crippen LogP contribution < -0.4 is 22.1 Å². The molecule has 1 aromatic carbocycles. The second-order valence-corrected chi connectivity index (χ2v) is 6.82. The summed E-state index contributed by atoms with van der Waals surface area (Å²) in [6.07, 6.45) is 0. The van der Waals surface area contributed by atoms with Gasteiger partial charge in [-0.2, -0.15) is 8.42 Å². The summed E-state index contributed by atoms with van der Waals surface area (Å²) in [5.41, 5.74) is 10.4. The third-order valence-electron chi connectivity index (χ3n) is 2.37. The maximum Gasteiger partial charge on any atom is 0.357 e. The van der Waals surface area contributed by atoms with E-state index in [0.717, 1.165) is 17.8 Å². The Kier molecular flexibility index (Phi) is 4.46. The number of nitrogens with zero attached hydrogens (tertiary/aromatic N) is 1. The number of hydroxylamine groups is 1. The topological polar surface area (TPSA) is 163 Å². The molecule has 1 aliphatic heterocycles. The largest absolute Gasteiger partial charge is 0.366 e. The van der Waals surface area contributed by atoms with Crippen LogP contribution in [0.15, 0.2) is 26.3 Å². The van der Waals surface area contributed by atoms with Crippen LogP contribution in [0.2, 0.25) is 5.02 Å². The van der Waals surface area contributed by atoms with Crippen molar-refractivity contribution in [1.29, 1.82) is 0 Å². The van der Waals surface area contributed by atoms with Crippen LogP contribution in [-0.4, -0.2) is 30.7 Å². The molecule has 0 radical (unpaired) electrons. The number of fused-ring (bicyclic) bond motifs is 1. The number of amides is 3. The summed E-state index contributed by atoms with van der Waals surface area (Å²) in [7, 11) is -4.11. The highest BCUT2D eigenvalue weighted by Gasteiger charge is 2.28. The van der Waals surface area contributed by atoms with Gasteiger partial charge in [-0.25, -0.2) is 15.7 Å². The number of carbonyl (C=O) groups excluding carboxylic acids is 2. The number of nitrogens with one attached hydrogen (secondary N) is 3. The molecule has 1 aliphatic rings. The van der Waals surface area contributed by atoms with Gasteiger partial charge in [0.15, 0.2) is 5.17 Å². The van der Waals surface area contributed by atoms with Crippen molar-refractivity contribution in [2.75, 3.05) is 0 Å². The Morgan fingerprint density at radius 1 is 1.36 bits per heavy atom. The first-order valence-corrected chi connectivity index (χ1v) is 8.00. The molecule has 13 heteroatoms. The van der Waals surface area contributed by atoms with Gasteiger partial charge in [-0.15, -0.1) is 4.40 Å². The zero-order chi connectivity index (χ0) is 16.5. The van der Waals surface area contributed by atoms with Crippen LogP contribution in [-0.2, 0) is 10.0 Å². The number of sulfonamides is 1. The Labute approximate surface area is 133 Å². The Hall–Kier alpha value is -2.02. The number of benzene rings is 1. The van der Waals surface area contributed by atoms with Crippen LogP contribution in [0.3, 0.4) is 0 Å². The number of rotatable bonds is 1. The first-order chi connectivity index (χ1) is 10.2. The average molecular weight is 366 g/mol. The predicted octanol–water partition coefficient (Wildman–Crippen LogP) is -0.218. The van der Waals surface area contributed by atoms with Crippen molar-refractivity contribution in [1.82, 2.24) is 16.3 Å². The van der Waals surface area contributed by atoms with Crippen molar-refractivity contribution in [2.45, 2.75) is 9.79 Å². The maximum atomic E-state index is 12.1. The summed E-state index contributed by atoms with van der Waals surface area (Å²) in [5, 5.41) is 8.12. The van der Waals surface area contributed by atoms with Crippen LogP contribution in [0.4, 0.5) is 4.79 Å². The molecule has 0 aliphatic carbocycles. The summed E-state index contributed by atoms with van der Waals surface area (Å²) in [6.45, 7) is 0. The Morgan fingerprint density at radius 3 is 2.64 bits per heavy atom. The lowest BCUT2D eigenvalue weighted by Crippen LogP contribution is -2.45. The highest BCUT2D eigenvalue weighted by atomic mass is 35.5. The first-order valence-electron chi connectivity index (χ1n) is 5.37. The summed E-state index contributed by atoms with van der Waals surface area (Å²) < 4.78 is 27.6. The number of hydrogen-bond donors (Lipinski definition) is 5. The lowest BCUT2D eigenvalue weighted by atomic mass is 10.2. The molecule has 118 valence electrons. The minimum Gasteiger partial charge on any atom is -0.366 e. The second-order valence-electron chi connectivity index (χ2n) is 3.81. The van der Waals surface area contributed by atoms with Crippen molar-refractivity contribution in [3.05, 3.63) is 22.7 Å². The molecule has 0 fully saturated rings. The molecule has 1 aromatic rings. The number of primary amides is 1. The van der Waals surface area contributed by atoms with Crippen molar-refractivity contribution < 1.29 is 23.2 Å². The van der Waals surface area contributed by atoms with Crippen molar-refractivity contribution >= 4 is 50.5 Å². The van der Waals surface area contributed by atoms with E-state index in [1.807, 2.05) is 5.43 Å². The standard InChI is InChI=1S/C9H8ClN5O5S2/c10-4-2-5-6(1-3(4)7(11)16)22(19,20)15-9(21-5)13-12-8(17)14-18/h1-2,18H,(H2,11,16)(H,13,15)(H2,12,14,17). The van der Waals surface area contributed by atoms with E-state index in [9.17, 15) is 18.0 Å². The number of hydrogen-bond acceptors (Lipinski definition) is 7. The van der Waals surface area contributed by atoms with Gasteiger partial charge in [-0.1, -0.05) is 11.6 Å². The van der Waals surface area contributed by atoms with Crippen LogP contribution in [0.1, 0.15) is 10.4 Å². The smallest absolute Gasteiger partial charge is 0.357 e. The summed E-state index contributed by atoms with van der Waals surface area (Å²) >= 11 is 6.71. The fourth-order valence-electron chi connectivity index (χ4n) is 1.47. The normalized spacial score (nSPS) is 15.3. The van der Waals surface area contributed by atoms with Crippen LogP contribution in [0, 0.1) is 0 Å². The molecule has 22 heavy (non-hydrogen) atoms. The van der Waals surface area contributed by atoms with Gasteiger partial charge in [0.05, 0.1) is 10.6 Å². The second kappa shape index (κ2) is 6.00. The SMILES string of the molecule is NC(=O)c1cc2c(cc1Cl)SC(NNC(=O)NO)=NS2(=O)=O. The number of amidine groups is 1. The fraction of sp³-hybridized carbons (Fsp3) is 0. The molecule has 0 atom stereocenters. The maximum absolute atomic E-state index is 12.1. The van der Waals surface area contributed by atoms with Gasteiger partial charge in [0.25, 0.3) is 10.0 Å². The molecule has 0 bridgehead atoms. The van der Waals surface area contributed by atoms with Gasteiger partial charge in [0.1, 0.15) is 4.90 Å². The Balaban J connectivity index is 2.39. The predicted molar refractivity (Wildman–Crippen MR) is 77.0 cm³/mol. The van der Waals surface area contributed by atoms with Crippen LogP contribution in [0.5, 0.6) is 0 Å². The van der Waals surface area contributed by atoms with E-state index in [0.29, 0.717) is 0 Å². The lowest BCUT2D eigenvalue weighted by molar-refractivity contribution is 0.1000. The Bertz CT molecular complexity index is 794. The number of nitrogens with two attached hydrogens (primary N) is 1. The molecule has 0 unspecified atom stereocenters. The van der Waals surface area contributed by atoms with E-state index in [-0.39, 0.29) is 25.5 Å². The number of hydrazine groups is 1. The van der Waals surface area contributed by atoms with Gasteiger partial charge >= 0.3 is 6.03 Å². The van der Waals surface area contributed by atoms with Gasteiger partial charge in [0.2, 0.25) is 5.91 Å². The molecule has 0 saturated carbocycles. The van der Waals surface area contributed by atoms with Gasteiger partial charge in [-0.3, -0.25) is 15.4 Å². The van der Waals surface area contributed by atoms with E-state index in [1.54, 1.807) is 0 Å². The molecule has 3 amide bonds. The minimum absolute atomic E-state index is 0.0174. The molecule has 0 aromatic heterocycles. The number of thioether (sulfide) groups is 1. The van der Waals surface area contributed by atoms with E-state index in [2.05, 4.69) is 9.82 Å². The molecule has 0 spiro atoms. The highest BCUT2D eigenvalue weighted by molar-refractivity contribution is 8.15. The fourth-order valence-corrected chi connectivity index (χ4v) is 4.27. The quantitative estimate of drug-likeness (QED) is 0.339. The number of carbonyl (C=O) groups is 2. The first kappa shape index (κ1) is 16.4. The molecular weight excluding hydrogens is 358 g/mol. The number of urea groups is 1. The van der Waals surface area contributed by atoms with Gasteiger partial charge in [-0.05, 0) is 23.9 Å². The summed E-state index contributed by atoms with van der Waals surface area (Å²) in [5.74, 6) is -0.873. The monoisotopic (exact) mass is 365 g/mol. The third kappa shape index (κ3) is 3.24. The molecule has 0 saturated heterocycles.